The minimum atomic E-state index is -0.181. The standard InChI is InChI=1S/C43H29N3S/c1-43(2)31-22-12-9-19-28(31)36-39(43)37-30-21-11-14-24-34(30)47-41(37)38-29-20-10-13-23-33(29)46(40(36)38)35-25-32(26-15-5-3-6-16-26)44-42(45-35)27-17-7-4-8-18-27/h3-25H,1-2H3. The summed E-state index contributed by atoms with van der Waals surface area (Å²) in [4.78, 5) is 10.5. The molecule has 222 valence electrons. The van der Waals surface area contributed by atoms with Crippen LogP contribution in [0.2, 0.25) is 0 Å². The summed E-state index contributed by atoms with van der Waals surface area (Å²) >= 11 is 1.91. The highest BCUT2D eigenvalue weighted by molar-refractivity contribution is 7.26. The van der Waals surface area contributed by atoms with Crippen molar-refractivity contribution >= 4 is 53.3 Å². The fourth-order valence-corrected chi connectivity index (χ4v) is 9.22. The molecule has 10 rings (SSSR count). The Hall–Kier alpha value is -5.58. The van der Waals surface area contributed by atoms with Crippen LogP contribution in [0.25, 0.3) is 81.6 Å². The average Bonchev–Trinajstić information content (AvgIpc) is 3.75. The molecular weight excluding hydrogens is 591 g/mol. The maximum Gasteiger partial charge on any atom is 0.162 e. The first kappa shape index (κ1) is 26.6. The molecule has 0 fully saturated rings. The van der Waals surface area contributed by atoms with Crippen molar-refractivity contribution in [2.45, 2.75) is 19.3 Å². The molecule has 0 amide bonds. The summed E-state index contributed by atoms with van der Waals surface area (Å²) < 4.78 is 5.09. The molecule has 0 aliphatic heterocycles. The predicted octanol–water partition coefficient (Wildman–Crippen LogP) is 11.6. The first-order chi connectivity index (χ1) is 23.1. The van der Waals surface area contributed by atoms with Gasteiger partial charge in [-0.15, -0.1) is 11.3 Å². The summed E-state index contributed by atoms with van der Waals surface area (Å²) in [6.45, 7) is 4.79. The van der Waals surface area contributed by atoms with Gasteiger partial charge in [0, 0.05) is 59.1 Å². The molecule has 6 aromatic carbocycles. The second kappa shape index (κ2) is 9.71. The van der Waals surface area contributed by atoms with Gasteiger partial charge in [-0.05, 0) is 28.8 Å². The van der Waals surface area contributed by atoms with Crippen molar-refractivity contribution in [3.63, 3.8) is 0 Å². The molecule has 47 heavy (non-hydrogen) atoms. The summed E-state index contributed by atoms with van der Waals surface area (Å²) in [5.74, 6) is 1.59. The molecule has 3 aromatic heterocycles. The number of thiophene rings is 1. The summed E-state index contributed by atoms with van der Waals surface area (Å²) in [5.41, 5.74) is 10.5. The molecule has 0 radical (unpaired) electrons. The van der Waals surface area contributed by atoms with Crippen LogP contribution in [0.3, 0.4) is 0 Å². The lowest BCUT2D eigenvalue weighted by molar-refractivity contribution is 0.667. The third-order valence-electron chi connectivity index (χ3n) is 9.97. The second-order valence-corrected chi connectivity index (χ2v) is 14.0. The van der Waals surface area contributed by atoms with Crippen LogP contribution in [-0.2, 0) is 5.41 Å². The van der Waals surface area contributed by atoms with E-state index in [0.717, 1.165) is 28.2 Å². The number of fused-ring (bicyclic) bond motifs is 12. The molecule has 0 spiro atoms. The molecule has 3 heterocycles. The highest BCUT2D eigenvalue weighted by Crippen LogP contribution is 2.58. The van der Waals surface area contributed by atoms with E-state index in [1.54, 1.807) is 0 Å². The average molecular weight is 620 g/mol. The second-order valence-electron chi connectivity index (χ2n) is 13.0. The molecule has 0 saturated heterocycles. The molecule has 0 bridgehead atoms. The Kier molecular flexibility index (Phi) is 5.50. The normalized spacial score (nSPS) is 13.5. The summed E-state index contributed by atoms with van der Waals surface area (Å²) in [7, 11) is 0. The van der Waals surface area contributed by atoms with Crippen molar-refractivity contribution in [2.75, 3.05) is 0 Å². The lowest BCUT2D eigenvalue weighted by atomic mass is 9.80. The number of para-hydroxylation sites is 1. The summed E-state index contributed by atoms with van der Waals surface area (Å²) in [6, 6.07) is 49.7. The topological polar surface area (TPSA) is 30.7 Å². The molecule has 0 N–H and O–H groups in total. The van der Waals surface area contributed by atoms with E-state index >= 15 is 0 Å². The molecule has 4 heteroatoms. The van der Waals surface area contributed by atoms with Gasteiger partial charge in [0.1, 0.15) is 5.82 Å². The van der Waals surface area contributed by atoms with Gasteiger partial charge in [0.25, 0.3) is 0 Å². The van der Waals surface area contributed by atoms with Crippen LogP contribution < -0.4 is 0 Å². The maximum absolute atomic E-state index is 5.37. The van der Waals surface area contributed by atoms with E-state index in [9.17, 15) is 0 Å². The van der Waals surface area contributed by atoms with Crippen LogP contribution in [0, 0.1) is 0 Å². The largest absolute Gasteiger partial charge is 0.293 e. The van der Waals surface area contributed by atoms with Crippen molar-refractivity contribution in [1.82, 2.24) is 14.5 Å². The third kappa shape index (κ3) is 3.67. The molecule has 3 nitrogen and oxygen atoms in total. The van der Waals surface area contributed by atoms with Crippen molar-refractivity contribution in [2.24, 2.45) is 0 Å². The number of hydrogen-bond acceptors (Lipinski definition) is 3. The van der Waals surface area contributed by atoms with Crippen molar-refractivity contribution in [3.05, 3.63) is 151 Å². The van der Waals surface area contributed by atoms with Crippen molar-refractivity contribution in [3.8, 4) is 39.6 Å². The van der Waals surface area contributed by atoms with E-state index in [-0.39, 0.29) is 5.41 Å². The van der Waals surface area contributed by atoms with Crippen LogP contribution in [0.4, 0.5) is 0 Å². The number of benzene rings is 6. The Morgan fingerprint density at radius 2 is 1.28 bits per heavy atom. The molecular formula is C43H29N3S. The first-order valence-electron chi connectivity index (χ1n) is 16.1. The van der Waals surface area contributed by atoms with E-state index in [2.05, 4.69) is 152 Å². The van der Waals surface area contributed by atoms with Gasteiger partial charge in [0.2, 0.25) is 0 Å². The lowest BCUT2D eigenvalue weighted by Gasteiger charge is -2.23. The third-order valence-corrected chi connectivity index (χ3v) is 11.2. The fourth-order valence-electron chi connectivity index (χ4n) is 7.95. The van der Waals surface area contributed by atoms with Crippen molar-refractivity contribution < 1.29 is 0 Å². The molecule has 0 unspecified atom stereocenters. The quantitative estimate of drug-likeness (QED) is 0.197. The van der Waals surface area contributed by atoms with Gasteiger partial charge in [-0.2, -0.15) is 0 Å². The predicted molar refractivity (Wildman–Crippen MR) is 198 cm³/mol. The summed E-state index contributed by atoms with van der Waals surface area (Å²) in [5, 5.41) is 5.26. The van der Waals surface area contributed by atoms with Gasteiger partial charge < -0.3 is 0 Å². The zero-order chi connectivity index (χ0) is 31.3. The van der Waals surface area contributed by atoms with E-state index in [1.807, 2.05) is 17.4 Å². The minimum absolute atomic E-state index is 0.181. The highest BCUT2D eigenvalue weighted by Gasteiger charge is 2.41. The fraction of sp³-hybridized carbons (Fsp3) is 0.0698. The Morgan fingerprint density at radius 1 is 0.617 bits per heavy atom. The summed E-state index contributed by atoms with van der Waals surface area (Å²) in [6.07, 6.45) is 0. The maximum atomic E-state index is 5.37. The number of aromatic nitrogens is 3. The SMILES string of the molecule is CC1(C)c2ccccc2-c2c1c1c3ccccc3sc1c1c3ccccc3n(-c3cc(-c4ccccc4)nc(-c4ccccc4)n3)c21. The zero-order valence-electron chi connectivity index (χ0n) is 26.0. The monoisotopic (exact) mass is 619 g/mol. The van der Waals surface area contributed by atoms with Crippen LogP contribution in [0.5, 0.6) is 0 Å². The molecule has 1 aliphatic carbocycles. The van der Waals surface area contributed by atoms with Crippen LogP contribution in [0.15, 0.2) is 140 Å². The number of rotatable bonds is 3. The van der Waals surface area contributed by atoms with Crippen LogP contribution in [-0.4, -0.2) is 14.5 Å². The number of hydrogen-bond donors (Lipinski definition) is 0. The van der Waals surface area contributed by atoms with Crippen molar-refractivity contribution in [1.29, 1.82) is 0 Å². The molecule has 0 atom stereocenters. The van der Waals surface area contributed by atoms with Gasteiger partial charge >= 0.3 is 0 Å². The number of nitrogens with zero attached hydrogens (tertiary/aromatic N) is 3. The van der Waals surface area contributed by atoms with Gasteiger partial charge in [-0.1, -0.05) is 135 Å². The van der Waals surface area contributed by atoms with E-state index in [4.69, 9.17) is 9.97 Å². The zero-order valence-corrected chi connectivity index (χ0v) is 26.8. The van der Waals surface area contributed by atoms with E-state index in [1.165, 1.54) is 58.7 Å². The smallest absolute Gasteiger partial charge is 0.162 e. The highest BCUT2D eigenvalue weighted by atomic mass is 32.1. The molecule has 1 aliphatic rings. The van der Waals surface area contributed by atoms with Gasteiger partial charge in [0.15, 0.2) is 5.82 Å². The lowest BCUT2D eigenvalue weighted by Crippen LogP contribution is -2.15. The Morgan fingerprint density at radius 3 is 2.09 bits per heavy atom. The van der Waals surface area contributed by atoms with Crippen LogP contribution >= 0.6 is 11.3 Å². The Balaban J connectivity index is 1.44. The Labute approximate surface area is 276 Å². The van der Waals surface area contributed by atoms with E-state index < -0.39 is 0 Å². The first-order valence-corrected chi connectivity index (χ1v) is 16.9. The minimum Gasteiger partial charge on any atom is -0.293 e. The van der Waals surface area contributed by atoms with Crippen LogP contribution in [0.1, 0.15) is 25.0 Å². The van der Waals surface area contributed by atoms with Gasteiger partial charge in [-0.3, -0.25) is 4.57 Å². The van der Waals surface area contributed by atoms with Gasteiger partial charge in [0.05, 0.1) is 16.7 Å². The van der Waals surface area contributed by atoms with E-state index in [0.29, 0.717) is 5.82 Å². The van der Waals surface area contributed by atoms with Gasteiger partial charge in [-0.25, -0.2) is 9.97 Å². The Bertz CT molecular complexity index is 2640. The molecule has 9 aromatic rings. The molecule has 0 saturated carbocycles.